The molecule has 1 aromatic carbocycles. The molecule has 1 saturated heterocycles. The van der Waals surface area contributed by atoms with Crippen LogP contribution >= 0.6 is 23.2 Å². The van der Waals surface area contributed by atoms with Crippen molar-refractivity contribution >= 4 is 29.1 Å². The summed E-state index contributed by atoms with van der Waals surface area (Å²) in [5.41, 5.74) is 0.866. The Morgan fingerprint density at radius 1 is 1.33 bits per heavy atom. The van der Waals surface area contributed by atoms with Crippen LogP contribution in [-0.4, -0.2) is 25.7 Å². The number of rotatable bonds is 4. The molecule has 21 heavy (non-hydrogen) atoms. The minimum absolute atomic E-state index is 0.0254. The molecule has 0 bridgehead atoms. The third kappa shape index (κ3) is 3.91. The van der Waals surface area contributed by atoms with Gasteiger partial charge in [-0.3, -0.25) is 4.79 Å². The van der Waals surface area contributed by atoms with Gasteiger partial charge in [-0.25, -0.2) is 0 Å². The van der Waals surface area contributed by atoms with Crippen molar-refractivity contribution in [3.63, 3.8) is 0 Å². The third-order valence-corrected chi connectivity index (χ3v) is 4.63. The second-order valence-electron chi connectivity index (χ2n) is 5.89. The number of nitrogens with one attached hydrogen (secondary N) is 1. The lowest BCUT2D eigenvalue weighted by Gasteiger charge is -2.38. The lowest BCUT2D eigenvalue weighted by molar-refractivity contribution is -0.124. The molecule has 0 unspecified atom stereocenters. The maximum atomic E-state index is 11.9. The van der Waals surface area contributed by atoms with Gasteiger partial charge in [-0.15, -0.1) is 0 Å². The molecular weight excluding hydrogens is 309 g/mol. The van der Waals surface area contributed by atoms with Gasteiger partial charge in [-0.2, -0.15) is 0 Å². The van der Waals surface area contributed by atoms with Gasteiger partial charge in [-0.05, 0) is 30.5 Å². The second kappa shape index (κ2) is 6.99. The minimum atomic E-state index is -0.176. The lowest BCUT2D eigenvalue weighted by atomic mass is 9.74. The molecule has 1 N–H and O–H groups in total. The van der Waals surface area contributed by atoms with E-state index in [2.05, 4.69) is 5.32 Å². The number of hydrogen-bond donors (Lipinski definition) is 1. The molecule has 0 aliphatic carbocycles. The number of carbonyl (C=O) groups is 1. The van der Waals surface area contributed by atoms with Crippen LogP contribution in [-0.2, 0) is 14.9 Å². The van der Waals surface area contributed by atoms with E-state index in [1.54, 1.807) is 6.07 Å². The molecule has 2 rings (SSSR count). The summed E-state index contributed by atoms with van der Waals surface area (Å²) in [6, 6.07) is 5.59. The van der Waals surface area contributed by atoms with Crippen LogP contribution in [0.5, 0.6) is 0 Å². The van der Waals surface area contributed by atoms with Crippen LogP contribution < -0.4 is 5.32 Å². The Balaban J connectivity index is 2.26. The summed E-state index contributed by atoms with van der Waals surface area (Å²) in [5, 5.41) is 4.32. The topological polar surface area (TPSA) is 38.3 Å². The van der Waals surface area contributed by atoms with Gasteiger partial charge in [0.15, 0.2) is 0 Å². The molecule has 0 radical (unpaired) electrons. The molecule has 0 spiro atoms. The van der Waals surface area contributed by atoms with Crippen LogP contribution in [0, 0.1) is 5.92 Å². The van der Waals surface area contributed by atoms with Crippen molar-refractivity contribution in [3.05, 3.63) is 33.8 Å². The van der Waals surface area contributed by atoms with Crippen LogP contribution in [0.3, 0.4) is 0 Å². The normalized spacial score (nSPS) is 17.8. The van der Waals surface area contributed by atoms with Crippen molar-refractivity contribution in [2.75, 3.05) is 19.8 Å². The van der Waals surface area contributed by atoms with Gasteiger partial charge < -0.3 is 10.1 Å². The van der Waals surface area contributed by atoms with E-state index in [4.69, 9.17) is 27.9 Å². The van der Waals surface area contributed by atoms with Crippen molar-refractivity contribution in [3.8, 4) is 0 Å². The van der Waals surface area contributed by atoms with Crippen molar-refractivity contribution in [1.29, 1.82) is 0 Å². The summed E-state index contributed by atoms with van der Waals surface area (Å²) in [6.07, 6.45) is 1.68. The highest BCUT2D eigenvalue weighted by Gasteiger charge is 2.36. The first kappa shape index (κ1) is 16.6. The first-order chi connectivity index (χ1) is 9.94. The molecule has 116 valence electrons. The molecule has 1 aliphatic heterocycles. The van der Waals surface area contributed by atoms with Crippen molar-refractivity contribution in [2.24, 2.45) is 5.92 Å². The maximum Gasteiger partial charge on any atom is 0.222 e. The second-order valence-corrected chi connectivity index (χ2v) is 6.73. The zero-order valence-corrected chi connectivity index (χ0v) is 13.9. The van der Waals surface area contributed by atoms with Gasteiger partial charge in [0.05, 0.1) is 0 Å². The van der Waals surface area contributed by atoms with Gasteiger partial charge >= 0.3 is 0 Å². The molecule has 1 amide bonds. The maximum absolute atomic E-state index is 11.9. The van der Waals surface area contributed by atoms with Gasteiger partial charge in [0, 0.05) is 41.1 Å². The molecule has 1 fully saturated rings. The van der Waals surface area contributed by atoms with Crippen LogP contribution in [0.2, 0.25) is 10.0 Å². The Bertz CT molecular complexity index is 511. The predicted octanol–water partition coefficient (Wildman–Crippen LogP) is 3.81. The summed E-state index contributed by atoms with van der Waals surface area (Å²) in [7, 11) is 0. The number of halogens is 2. The number of carbonyl (C=O) groups excluding carboxylic acids is 1. The summed E-state index contributed by atoms with van der Waals surface area (Å²) in [5.74, 6) is 0.0357. The zero-order chi connectivity index (χ0) is 15.5. The summed E-state index contributed by atoms with van der Waals surface area (Å²) >= 11 is 12.4. The van der Waals surface area contributed by atoms with E-state index < -0.39 is 0 Å². The monoisotopic (exact) mass is 329 g/mol. The van der Waals surface area contributed by atoms with Crippen molar-refractivity contribution < 1.29 is 9.53 Å². The highest BCUT2D eigenvalue weighted by atomic mass is 35.5. The fourth-order valence-electron chi connectivity index (χ4n) is 2.68. The molecular formula is C16H21Cl2NO2. The number of hydrogen-bond acceptors (Lipinski definition) is 2. The Hall–Kier alpha value is -0.770. The molecule has 0 saturated carbocycles. The van der Waals surface area contributed by atoms with Gasteiger partial charge in [0.1, 0.15) is 0 Å². The van der Waals surface area contributed by atoms with Crippen LogP contribution in [0.15, 0.2) is 18.2 Å². The third-order valence-electron chi connectivity index (χ3n) is 4.08. The Labute approximate surface area is 136 Å². The highest BCUT2D eigenvalue weighted by Crippen LogP contribution is 2.39. The van der Waals surface area contributed by atoms with Gasteiger partial charge in [-0.1, -0.05) is 43.1 Å². The fourth-order valence-corrected chi connectivity index (χ4v) is 3.29. The number of amides is 1. The van der Waals surface area contributed by atoms with Crippen LogP contribution in [0.4, 0.5) is 0 Å². The van der Waals surface area contributed by atoms with Gasteiger partial charge in [0.25, 0.3) is 0 Å². The molecule has 1 aromatic rings. The van der Waals surface area contributed by atoms with E-state index >= 15 is 0 Å². The van der Waals surface area contributed by atoms with Crippen LogP contribution in [0.1, 0.15) is 32.3 Å². The number of benzene rings is 1. The zero-order valence-electron chi connectivity index (χ0n) is 12.4. The highest BCUT2D eigenvalue weighted by molar-refractivity contribution is 6.35. The molecule has 3 nitrogen and oxygen atoms in total. The molecule has 1 heterocycles. The summed E-state index contributed by atoms with van der Waals surface area (Å²) in [4.78, 5) is 11.9. The van der Waals surface area contributed by atoms with E-state index in [9.17, 15) is 4.79 Å². The van der Waals surface area contributed by atoms with E-state index in [0.717, 1.165) is 18.4 Å². The minimum Gasteiger partial charge on any atom is -0.381 e. The average Bonchev–Trinajstić information content (AvgIpc) is 2.45. The van der Waals surface area contributed by atoms with Crippen molar-refractivity contribution in [1.82, 2.24) is 5.32 Å². The van der Waals surface area contributed by atoms with Gasteiger partial charge in [0.2, 0.25) is 5.91 Å². The quantitative estimate of drug-likeness (QED) is 0.912. The summed E-state index contributed by atoms with van der Waals surface area (Å²) < 4.78 is 5.48. The SMILES string of the molecule is CC(C)C(=O)NCC1(c2ccc(Cl)cc2Cl)CCOCC1. The van der Waals surface area contributed by atoms with Crippen molar-refractivity contribution in [2.45, 2.75) is 32.1 Å². The van der Waals surface area contributed by atoms with Crippen LogP contribution in [0.25, 0.3) is 0 Å². The Morgan fingerprint density at radius 2 is 2.00 bits per heavy atom. The Morgan fingerprint density at radius 3 is 2.57 bits per heavy atom. The van der Waals surface area contributed by atoms with E-state index in [0.29, 0.717) is 29.8 Å². The van der Waals surface area contributed by atoms with E-state index in [-0.39, 0.29) is 17.2 Å². The average molecular weight is 330 g/mol. The fraction of sp³-hybridized carbons (Fsp3) is 0.562. The first-order valence-electron chi connectivity index (χ1n) is 7.26. The molecule has 0 aromatic heterocycles. The molecule has 0 atom stereocenters. The predicted molar refractivity (Wildman–Crippen MR) is 86.0 cm³/mol. The van der Waals surface area contributed by atoms with E-state index in [1.807, 2.05) is 26.0 Å². The molecule has 5 heteroatoms. The Kier molecular flexibility index (Phi) is 5.53. The lowest BCUT2D eigenvalue weighted by Crippen LogP contribution is -2.45. The molecule has 1 aliphatic rings. The number of ether oxygens (including phenoxy) is 1. The smallest absolute Gasteiger partial charge is 0.222 e. The standard InChI is InChI=1S/C16H21Cl2NO2/c1-11(2)15(20)19-10-16(5-7-21-8-6-16)13-4-3-12(17)9-14(13)18/h3-4,9,11H,5-8,10H2,1-2H3,(H,19,20). The largest absolute Gasteiger partial charge is 0.381 e. The van der Waals surface area contributed by atoms with E-state index in [1.165, 1.54) is 0 Å². The first-order valence-corrected chi connectivity index (χ1v) is 8.01. The summed E-state index contributed by atoms with van der Waals surface area (Å²) in [6.45, 7) is 5.71.